The molecule has 0 aliphatic carbocycles. The van der Waals surface area contributed by atoms with Gasteiger partial charge < -0.3 is 4.90 Å². The highest BCUT2D eigenvalue weighted by atomic mass is 79.9. The minimum atomic E-state index is -0.562. The quantitative estimate of drug-likeness (QED) is 0.584. The van der Waals surface area contributed by atoms with Crippen molar-refractivity contribution in [3.8, 4) is 0 Å². The number of fused-ring (bicyclic) bond motifs is 1. The fraction of sp³-hybridized carbons (Fsp3) is 0.250. The molecule has 0 saturated heterocycles. The number of amides is 1. The molecule has 140 valence electrons. The molecule has 7 heteroatoms. The van der Waals surface area contributed by atoms with Crippen LogP contribution in [-0.2, 0) is 6.54 Å². The van der Waals surface area contributed by atoms with Crippen LogP contribution in [0.4, 0.5) is 8.78 Å². The number of aromatic nitrogens is 2. The molecule has 0 fully saturated rings. The number of aryl methyl sites for hydroxylation is 2. The zero-order valence-corrected chi connectivity index (χ0v) is 16.8. The third-order valence-corrected chi connectivity index (χ3v) is 4.91. The molecule has 4 nitrogen and oxygen atoms in total. The number of carbonyl (C=O) groups is 1. The second kappa shape index (κ2) is 7.68. The molecular weight excluding hydrogens is 416 g/mol. The molecule has 3 rings (SSSR count). The summed E-state index contributed by atoms with van der Waals surface area (Å²) in [5.74, 6) is -1.38. The fourth-order valence-corrected chi connectivity index (χ4v) is 3.24. The lowest BCUT2D eigenvalue weighted by Gasteiger charge is -2.22. The lowest BCUT2D eigenvalue weighted by atomic mass is 10.1. The number of rotatable bonds is 4. The van der Waals surface area contributed by atoms with E-state index in [9.17, 15) is 13.6 Å². The van der Waals surface area contributed by atoms with Crippen LogP contribution in [0.25, 0.3) is 11.0 Å². The van der Waals surface area contributed by atoms with Gasteiger partial charge in [-0.25, -0.2) is 18.7 Å². The van der Waals surface area contributed by atoms with Crippen molar-refractivity contribution < 1.29 is 13.6 Å². The van der Waals surface area contributed by atoms with Crippen molar-refractivity contribution in [2.45, 2.75) is 27.3 Å². The SMILES string of the molecule is CCN(Cc1cc(Br)ccc1F)C(=O)c1cc(F)cc2nc(C)c(C)nc12. The summed E-state index contributed by atoms with van der Waals surface area (Å²) in [6.07, 6.45) is 0. The van der Waals surface area contributed by atoms with Crippen LogP contribution < -0.4 is 0 Å². The smallest absolute Gasteiger partial charge is 0.256 e. The summed E-state index contributed by atoms with van der Waals surface area (Å²) < 4.78 is 28.9. The van der Waals surface area contributed by atoms with Gasteiger partial charge in [-0.3, -0.25) is 4.79 Å². The van der Waals surface area contributed by atoms with Crippen molar-refractivity contribution in [1.82, 2.24) is 14.9 Å². The van der Waals surface area contributed by atoms with Crippen LogP contribution in [-0.4, -0.2) is 27.3 Å². The molecule has 0 saturated carbocycles. The molecule has 0 spiro atoms. The first-order valence-corrected chi connectivity index (χ1v) is 9.27. The molecule has 0 N–H and O–H groups in total. The van der Waals surface area contributed by atoms with E-state index in [1.807, 2.05) is 0 Å². The van der Waals surface area contributed by atoms with Gasteiger partial charge in [0, 0.05) is 29.2 Å². The molecule has 0 radical (unpaired) electrons. The molecule has 0 atom stereocenters. The fourth-order valence-electron chi connectivity index (χ4n) is 2.83. The summed E-state index contributed by atoms with van der Waals surface area (Å²) in [6.45, 7) is 5.75. The number of benzene rings is 2. The summed E-state index contributed by atoms with van der Waals surface area (Å²) in [4.78, 5) is 23.3. The van der Waals surface area contributed by atoms with E-state index in [1.165, 1.54) is 17.0 Å². The maximum absolute atomic E-state index is 14.1. The lowest BCUT2D eigenvalue weighted by molar-refractivity contribution is 0.0752. The van der Waals surface area contributed by atoms with Crippen molar-refractivity contribution in [2.24, 2.45) is 0 Å². The van der Waals surface area contributed by atoms with E-state index in [4.69, 9.17) is 0 Å². The second-order valence-electron chi connectivity index (χ2n) is 6.27. The average Bonchev–Trinajstić information content (AvgIpc) is 2.62. The zero-order chi connectivity index (χ0) is 19.7. The van der Waals surface area contributed by atoms with E-state index < -0.39 is 17.5 Å². The minimum Gasteiger partial charge on any atom is -0.334 e. The van der Waals surface area contributed by atoms with Gasteiger partial charge in [0.1, 0.15) is 17.2 Å². The molecule has 27 heavy (non-hydrogen) atoms. The molecule has 0 aliphatic heterocycles. The zero-order valence-electron chi connectivity index (χ0n) is 15.2. The van der Waals surface area contributed by atoms with Gasteiger partial charge in [-0.1, -0.05) is 15.9 Å². The van der Waals surface area contributed by atoms with Gasteiger partial charge in [-0.15, -0.1) is 0 Å². The van der Waals surface area contributed by atoms with Gasteiger partial charge in [0.2, 0.25) is 0 Å². The molecule has 1 heterocycles. The van der Waals surface area contributed by atoms with Crippen molar-refractivity contribution in [2.75, 3.05) is 6.54 Å². The highest BCUT2D eigenvalue weighted by Gasteiger charge is 2.21. The molecule has 0 bridgehead atoms. The predicted molar refractivity (Wildman–Crippen MR) is 103 cm³/mol. The predicted octanol–water partition coefficient (Wildman–Crippen LogP) is 4.95. The summed E-state index contributed by atoms with van der Waals surface area (Å²) in [6, 6.07) is 6.98. The Morgan fingerprint density at radius 2 is 1.81 bits per heavy atom. The third kappa shape index (κ3) is 3.98. The standard InChI is InChI=1S/C20H18BrF2N3O/c1-4-26(10-13-7-14(21)5-6-17(13)23)20(27)16-8-15(22)9-18-19(16)25-12(3)11(2)24-18/h5-9H,4,10H2,1-3H3. The number of hydrogen-bond acceptors (Lipinski definition) is 3. The van der Waals surface area contributed by atoms with E-state index in [-0.39, 0.29) is 12.1 Å². The van der Waals surface area contributed by atoms with Crippen molar-refractivity contribution in [3.63, 3.8) is 0 Å². The highest BCUT2D eigenvalue weighted by molar-refractivity contribution is 9.10. The van der Waals surface area contributed by atoms with E-state index >= 15 is 0 Å². The van der Waals surface area contributed by atoms with Crippen LogP contribution >= 0.6 is 15.9 Å². The first kappa shape index (κ1) is 19.4. The molecule has 2 aromatic carbocycles. The van der Waals surface area contributed by atoms with Gasteiger partial charge in [0.25, 0.3) is 5.91 Å². The van der Waals surface area contributed by atoms with Crippen molar-refractivity contribution >= 4 is 32.9 Å². The van der Waals surface area contributed by atoms with Crippen LogP contribution in [0.15, 0.2) is 34.8 Å². The number of hydrogen-bond donors (Lipinski definition) is 0. The van der Waals surface area contributed by atoms with E-state index in [2.05, 4.69) is 25.9 Å². The number of halogens is 3. The maximum Gasteiger partial charge on any atom is 0.256 e. The minimum absolute atomic E-state index is 0.0664. The third-order valence-electron chi connectivity index (χ3n) is 4.41. The normalized spacial score (nSPS) is 11.0. The van der Waals surface area contributed by atoms with Gasteiger partial charge in [-0.2, -0.15) is 0 Å². The van der Waals surface area contributed by atoms with Gasteiger partial charge in [-0.05, 0) is 45.0 Å². The van der Waals surface area contributed by atoms with Gasteiger partial charge in [0.15, 0.2) is 0 Å². The summed E-state index contributed by atoms with van der Waals surface area (Å²) in [5, 5.41) is 0. The Hall–Kier alpha value is -2.41. The number of carbonyl (C=O) groups excluding carboxylic acids is 1. The summed E-state index contributed by atoms with van der Waals surface area (Å²) >= 11 is 3.31. The van der Waals surface area contributed by atoms with E-state index in [0.29, 0.717) is 34.5 Å². The second-order valence-corrected chi connectivity index (χ2v) is 7.19. The Morgan fingerprint density at radius 3 is 2.52 bits per heavy atom. The average molecular weight is 434 g/mol. The van der Waals surface area contributed by atoms with Crippen LogP contribution in [0, 0.1) is 25.5 Å². The first-order valence-electron chi connectivity index (χ1n) is 8.47. The van der Waals surface area contributed by atoms with Crippen LogP contribution in [0.1, 0.15) is 34.2 Å². The molecule has 3 aromatic rings. The molecular formula is C20H18BrF2N3O. The molecule has 1 aromatic heterocycles. The number of nitrogens with zero attached hydrogens (tertiary/aromatic N) is 3. The van der Waals surface area contributed by atoms with Crippen molar-refractivity contribution in [1.29, 1.82) is 0 Å². The lowest BCUT2D eigenvalue weighted by Crippen LogP contribution is -2.31. The first-order chi connectivity index (χ1) is 12.8. The molecule has 1 amide bonds. The topological polar surface area (TPSA) is 46.1 Å². The largest absolute Gasteiger partial charge is 0.334 e. The highest BCUT2D eigenvalue weighted by Crippen LogP contribution is 2.23. The van der Waals surface area contributed by atoms with Crippen LogP contribution in [0.5, 0.6) is 0 Å². The maximum atomic E-state index is 14.1. The van der Waals surface area contributed by atoms with E-state index in [0.717, 1.165) is 10.5 Å². The van der Waals surface area contributed by atoms with E-state index in [1.54, 1.807) is 32.9 Å². The van der Waals surface area contributed by atoms with Crippen LogP contribution in [0.3, 0.4) is 0 Å². The summed E-state index contributed by atoms with van der Waals surface area (Å²) in [7, 11) is 0. The Kier molecular flexibility index (Phi) is 5.51. The Bertz CT molecular complexity index is 1040. The van der Waals surface area contributed by atoms with Crippen molar-refractivity contribution in [3.05, 3.63) is 69.0 Å². The Balaban J connectivity index is 2.05. The Labute approximate surface area is 164 Å². The molecule has 0 unspecified atom stereocenters. The summed E-state index contributed by atoms with van der Waals surface area (Å²) in [5.41, 5.74) is 2.51. The van der Waals surface area contributed by atoms with Gasteiger partial charge >= 0.3 is 0 Å². The monoisotopic (exact) mass is 433 g/mol. The Morgan fingerprint density at radius 1 is 1.11 bits per heavy atom. The van der Waals surface area contributed by atoms with Crippen LogP contribution in [0.2, 0.25) is 0 Å². The molecule has 0 aliphatic rings. The van der Waals surface area contributed by atoms with Gasteiger partial charge in [0.05, 0.1) is 22.5 Å².